The molecule has 0 saturated heterocycles. The Morgan fingerprint density at radius 3 is 2.19 bits per heavy atom. The number of hydrogen-bond acceptors (Lipinski definition) is 8. The zero-order valence-corrected chi connectivity index (χ0v) is 30.6. The van der Waals surface area contributed by atoms with Crippen LogP contribution in [-0.2, 0) is 35.4 Å². The van der Waals surface area contributed by atoms with Gasteiger partial charge in [0.05, 0.1) is 37.1 Å². The van der Waals surface area contributed by atoms with E-state index in [-0.39, 0.29) is 23.5 Å². The molecule has 0 aliphatic carbocycles. The van der Waals surface area contributed by atoms with E-state index in [1.807, 2.05) is 32.2 Å². The number of unbranched alkanes of at least 4 members (excludes halogenated alkanes) is 2. The van der Waals surface area contributed by atoms with Gasteiger partial charge in [0.15, 0.2) is 9.84 Å². The second-order valence-corrected chi connectivity index (χ2v) is 15.0. The minimum atomic E-state index is -3.44. The molecule has 0 radical (unpaired) electrons. The van der Waals surface area contributed by atoms with Gasteiger partial charge < -0.3 is 29.7 Å². The maximum Gasteiger partial charge on any atom is 0.314 e. The van der Waals surface area contributed by atoms with Crippen molar-refractivity contribution in [2.45, 2.75) is 69.2 Å². The number of Topliss-reactive ketones (excluding diaryl/α,β-unsaturated/α-hetero) is 1. The van der Waals surface area contributed by atoms with Gasteiger partial charge in [-0.2, -0.15) is 0 Å². The maximum absolute atomic E-state index is 12.9. The van der Waals surface area contributed by atoms with E-state index in [2.05, 4.69) is 15.5 Å². The molecule has 1 aliphatic rings. The fourth-order valence-electron chi connectivity index (χ4n) is 5.59. The van der Waals surface area contributed by atoms with Gasteiger partial charge in [0.1, 0.15) is 5.78 Å². The van der Waals surface area contributed by atoms with Crippen molar-refractivity contribution in [1.82, 2.24) is 15.5 Å². The fraction of sp³-hybridized carbons (Fsp3) is 0.600. The lowest BCUT2D eigenvalue weighted by Crippen LogP contribution is -2.35. The number of urea groups is 1. The minimum absolute atomic E-state index is 0.000446. The van der Waals surface area contributed by atoms with Crippen LogP contribution in [0.25, 0.3) is 0 Å². The highest BCUT2D eigenvalue weighted by Gasteiger charge is 2.27. The molecule has 48 heavy (non-hydrogen) atoms. The van der Waals surface area contributed by atoms with E-state index >= 15 is 0 Å². The van der Waals surface area contributed by atoms with Crippen molar-refractivity contribution in [3.8, 4) is 0 Å². The quantitative estimate of drug-likeness (QED) is 0.134. The Labute approximate surface area is 296 Å². The number of carbonyl (C=O) groups excluding carboxylic acids is 2. The molecule has 0 fully saturated rings. The number of fused-ring (bicyclic) bond motifs is 1. The monoisotopic (exact) mass is 727 g/mol. The largest absolute Gasteiger partial charge is 0.379 e. The first-order chi connectivity index (χ1) is 23.1. The van der Waals surface area contributed by atoms with Crippen molar-refractivity contribution in [3.63, 3.8) is 0 Å². The molecule has 268 valence electrons. The lowest BCUT2D eigenvalue weighted by Gasteiger charge is -2.33. The molecule has 3 rings (SSSR count). The zero-order chi connectivity index (χ0) is 34.8. The molecule has 1 unspecified atom stereocenters. The predicted molar refractivity (Wildman–Crippen MR) is 190 cm³/mol. The number of hydrogen-bond donors (Lipinski definition) is 2. The number of ketones is 1. The number of rotatable bonds is 23. The molecule has 1 heterocycles. The number of nitrogens with zero attached hydrogens (tertiary/aromatic N) is 1. The lowest BCUT2D eigenvalue weighted by atomic mass is 9.85. The highest BCUT2D eigenvalue weighted by Crippen LogP contribution is 2.38. The number of benzene rings is 2. The Morgan fingerprint density at radius 2 is 1.50 bits per heavy atom. The standard InChI is InChI=1S/C35H51Cl2N3O7S/c1-3-38-35(42)39-15-6-4-5-9-29(41)10-7-16-45-18-20-47-21-19-46-17-8-22-48(43,44)30-13-11-27(12-14-30)32-25-40(2)26-33-31(32)23-28(36)24-34(33)37/h11-14,23-24,32H,3-10,15-22,25-26H2,1-2H3,(H2,38,39,42). The second kappa shape index (κ2) is 21.8. The van der Waals surface area contributed by atoms with E-state index in [4.69, 9.17) is 37.4 Å². The van der Waals surface area contributed by atoms with E-state index in [0.717, 1.165) is 49.0 Å². The van der Waals surface area contributed by atoms with E-state index in [1.54, 1.807) is 18.2 Å². The first-order valence-electron chi connectivity index (χ1n) is 16.9. The van der Waals surface area contributed by atoms with E-state index < -0.39 is 9.84 Å². The Bertz CT molecular complexity index is 1390. The van der Waals surface area contributed by atoms with Crippen molar-refractivity contribution in [2.24, 2.45) is 0 Å². The number of nitrogens with one attached hydrogen (secondary N) is 2. The van der Waals surface area contributed by atoms with Crippen molar-refractivity contribution in [1.29, 1.82) is 0 Å². The zero-order valence-electron chi connectivity index (χ0n) is 28.2. The van der Waals surface area contributed by atoms with Crippen LogP contribution in [0.15, 0.2) is 41.3 Å². The van der Waals surface area contributed by atoms with Gasteiger partial charge >= 0.3 is 6.03 Å². The topological polar surface area (TPSA) is 123 Å². The summed E-state index contributed by atoms with van der Waals surface area (Å²) in [7, 11) is -1.40. The van der Waals surface area contributed by atoms with Gasteiger partial charge in [0.25, 0.3) is 0 Å². The second-order valence-electron chi connectivity index (χ2n) is 12.0. The maximum atomic E-state index is 12.9. The highest BCUT2D eigenvalue weighted by molar-refractivity contribution is 7.91. The number of ether oxygens (including phenoxy) is 3. The summed E-state index contributed by atoms with van der Waals surface area (Å²) in [6.07, 6.45) is 4.74. The molecule has 13 heteroatoms. The van der Waals surface area contributed by atoms with Crippen LogP contribution in [0.2, 0.25) is 10.0 Å². The molecular formula is C35H51Cl2N3O7S. The summed E-state index contributed by atoms with van der Waals surface area (Å²) >= 11 is 12.8. The molecule has 2 aromatic carbocycles. The minimum Gasteiger partial charge on any atom is -0.379 e. The molecule has 2 amide bonds. The molecule has 2 aromatic rings. The molecule has 0 bridgehead atoms. The summed E-state index contributed by atoms with van der Waals surface area (Å²) in [4.78, 5) is 25.8. The lowest BCUT2D eigenvalue weighted by molar-refractivity contribution is -0.119. The fourth-order valence-corrected chi connectivity index (χ4v) is 7.45. The van der Waals surface area contributed by atoms with Crippen LogP contribution in [0.1, 0.15) is 74.5 Å². The molecule has 10 nitrogen and oxygen atoms in total. The van der Waals surface area contributed by atoms with Gasteiger partial charge in [-0.3, -0.25) is 4.79 Å². The highest BCUT2D eigenvalue weighted by atomic mass is 35.5. The molecule has 1 atom stereocenters. The Hall–Kier alpha value is -2.25. The molecular weight excluding hydrogens is 677 g/mol. The Kier molecular flexibility index (Phi) is 18.2. The Balaban J connectivity index is 1.19. The number of carbonyl (C=O) groups is 2. The molecule has 0 saturated carbocycles. The van der Waals surface area contributed by atoms with Crippen molar-refractivity contribution in [3.05, 3.63) is 63.1 Å². The smallest absolute Gasteiger partial charge is 0.314 e. The van der Waals surface area contributed by atoms with Crippen LogP contribution in [0.4, 0.5) is 4.79 Å². The summed E-state index contributed by atoms with van der Waals surface area (Å²) in [5.41, 5.74) is 3.16. The molecule has 0 aromatic heterocycles. The van der Waals surface area contributed by atoms with Gasteiger partial charge in [-0.1, -0.05) is 41.8 Å². The molecule has 0 spiro atoms. The predicted octanol–water partition coefficient (Wildman–Crippen LogP) is 6.01. The van der Waals surface area contributed by atoms with Gasteiger partial charge in [-0.25, -0.2) is 13.2 Å². The number of sulfone groups is 1. The van der Waals surface area contributed by atoms with Crippen molar-refractivity contribution in [2.75, 3.05) is 72.1 Å². The SMILES string of the molecule is CCNC(=O)NCCCCCC(=O)CCCOCCOCCOCCCS(=O)(=O)c1ccc(C2CN(C)Cc3c(Cl)cc(Cl)cc32)cc1. The van der Waals surface area contributed by atoms with Gasteiger partial charge in [-0.05, 0) is 80.6 Å². The normalized spacial score (nSPS) is 14.9. The van der Waals surface area contributed by atoms with Gasteiger partial charge in [-0.15, -0.1) is 0 Å². The number of halogens is 2. The third-order valence-electron chi connectivity index (χ3n) is 8.08. The summed E-state index contributed by atoms with van der Waals surface area (Å²) < 4.78 is 42.5. The van der Waals surface area contributed by atoms with Crippen LogP contribution in [-0.4, -0.2) is 97.2 Å². The summed E-state index contributed by atoms with van der Waals surface area (Å²) in [6.45, 7) is 7.09. The van der Waals surface area contributed by atoms with Crippen LogP contribution in [0.3, 0.4) is 0 Å². The molecule has 2 N–H and O–H groups in total. The first-order valence-corrected chi connectivity index (χ1v) is 19.3. The van der Waals surface area contributed by atoms with E-state index in [1.165, 1.54) is 0 Å². The summed E-state index contributed by atoms with van der Waals surface area (Å²) in [5, 5.41) is 6.70. The van der Waals surface area contributed by atoms with Crippen LogP contribution < -0.4 is 10.6 Å². The average molecular weight is 729 g/mol. The Morgan fingerprint density at radius 1 is 0.854 bits per heavy atom. The van der Waals surface area contributed by atoms with Gasteiger partial charge in [0, 0.05) is 68.2 Å². The number of likely N-dealkylation sites (N-methyl/N-ethyl adjacent to an activating group) is 1. The van der Waals surface area contributed by atoms with Crippen molar-refractivity contribution < 1.29 is 32.2 Å². The summed E-state index contributed by atoms with van der Waals surface area (Å²) in [6, 6.07) is 10.7. The summed E-state index contributed by atoms with van der Waals surface area (Å²) in [5.74, 6) is 0.286. The van der Waals surface area contributed by atoms with E-state index in [0.29, 0.717) is 93.4 Å². The van der Waals surface area contributed by atoms with Crippen LogP contribution in [0, 0.1) is 0 Å². The third-order valence-corrected chi connectivity index (χ3v) is 10.5. The van der Waals surface area contributed by atoms with Gasteiger partial charge in [0.2, 0.25) is 0 Å². The van der Waals surface area contributed by atoms with E-state index in [9.17, 15) is 18.0 Å². The average Bonchev–Trinajstić information content (AvgIpc) is 3.05. The first kappa shape index (κ1) is 40.2. The van der Waals surface area contributed by atoms with Crippen LogP contribution in [0.5, 0.6) is 0 Å². The third kappa shape index (κ3) is 14.3. The number of amides is 2. The van der Waals surface area contributed by atoms with Crippen molar-refractivity contribution >= 4 is 44.9 Å². The van der Waals surface area contributed by atoms with Crippen LogP contribution >= 0.6 is 23.2 Å². The molecule has 1 aliphatic heterocycles.